The molecule has 2 amide bonds. The van der Waals surface area contributed by atoms with Crippen molar-refractivity contribution in [2.24, 2.45) is 0 Å². The molecule has 1 aliphatic rings. The summed E-state index contributed by atoms with van der Waals surface area (Å²) in [4.78, 5) is 37.6. The van der Waals surface area contributed by atoms with Gasteiger partial charge in [0, 0.05) is 18.3 Å². The third-order valence-electron chi connectivity index (χ3n) is 4.30. The summed E-state index contributed by atoms with van der Waals surface area (Å²) >= 11 is 0. The lowest BCUT2D eigenvalue weighted by molar-refractivity contribution is -0.135. The summed E-state index contributed by atoms with van der Waals surface area (Å²) in [5.41, 5.74) is 0.817. The third-order valence-corrected chi connectivity index (χ3v) is 6.05. The maximum Gasteiger partial charge on any atom is 0.338 e. The minimum atomic E-state index is -3.11. The van der Waals surface area contributed by atoms with Crippen molar-refractivity contribution in [1.29, 1.82) is 0 Å². The molecule has 1 atom stereocenters. The Morgan fingerprint density at radius 1 is 1.19 bits per heavy atom. The first-order valence-electron chi connectivity index (χ1n) is 8.82. The van der Waals surface area contributed by atoms with Crippen molar-refractivity contribution in [1.82, 2.24) is 4.90 Å². The number of carbonyl (C=O) groups is 3. The Labute approximate surface area is 158 Å². The fraction of sp³-hybridized carbons (Fsp3) is 0.500. The average Bonchev–Trinajstić information content (AvgIpc) is 2.95. The standard InChI is InChI=1S/C18H24N2O6S/c1-3-20(15-9-10-27(24,25)12-15)17(22)11-16(21)19-14-7-5-13(6-8-14)18(23)26-4-2/h5-8,15H,3-4,9-12H2,1-2H3,(H,19,21). The molecule has 1 N–H and O–H groups in total. The van der Waals surface area contributed by atoms with Gasteiger partial charge in [-0.05, 0) is 44.5 Å². The van der Waals surface area contributed by atoms with E-state index in [2.05, 4.69) is 5.32 Å². The van der Waals surface area contributed by atoms with E-state index in [0.717, 1.165) is 0 Å². The second kappa shape index (κ2) is 8.98. The minimum Gasteiger partial charge on any atom is -0.462 e. The maximum absolute atomic E-state index is 12.4. The van der Waals surface area contributed by atoms with Gasteiger partial charge < -0.3 is 15.0 Å². The molecule has 1 unspecified atom stereocenters. The van der Waals surface area contributed by atoms with Gasteiger partial charge in [-0.15, -0.1) is 0 Å². The van der Waals surface area contributed by atoms with Gasteiger partial charge in [0.15, 0.2) is 9.84 Å². The Bertz CT molecular complexity index is 804. The fourth-order valence-electron chi connectivity index (χ4n) is 3.01. The van der Waals surface area contributed by atoms with E-state index in [-0.39, 0.29) is 30.6 Å². The third kappa shape index (κ3) is 5.78. The number of carbonyl (C=O) groups excluding carboxylic acids is 3. The average molecular weight is 396 g/mol. The highest BCUT2D eigenvalue weighted by Gasteiger charge is 2.34. The quantitative estimate of drug-likeness (QED) is 0.548. The summed E-state index contributed by atoms with van der Waals surface area (Å²) in [6.45, 7) is 4.09. The topological polar surface area (TPSA) is 110 Å². The normalized spacial score (nSPS) is 17.9. The van der Waals surface area contributed by atoms with E-state index in [1.165, 1.54) is 17.0 Å². The molecule has 1 saturated heterocycles. The van der Waals surface area contributed by atoms with E-state index in [9.17, 15) is 22.8 Å². The maximum atomic E-state index is 12.4. The number of nitrogens with one attached hydrogen (secondary N) is 1. The lowest BCUT2D eigenvalue weighted by Crippen LogP contribution is -2.42. The van der Waals surface area contributed by atoms with Gasteiger partial charge in [0.25, 0.3) is 0 Å². The molecule has 1 aromatic rings. The number of rotatable bonds is 7. The molecule has 1 fully saturated rings. The van der Waals surface area contributed by atoms with Crippen molar-refractivity contribution in [2.45, 2.75) is 32.7 Å². The van der Waals surface area contributed by atoms with Crippen LogP contribution in [-0.2, 0) is 24.2 Å². The molecule has 0 aliphatic carbocycles. The van der Waals surface area contributed by atoms with Crippen LogP contribution in [0.15, 0.2) is 24.3 Å². The molecule has 1 heterocycles. The van der Waals surface area contributed by atoms with Crippen LogP contribution in [-0.4, -0.2) is 61.8 Å². The van der Waals surface area contributed by atoms with E-state index in [1.54, 1.807) is 26.0 Å². The summed E-state index contributed by atoms with van der Waals surface area (Å²) < 4.78 is 28.1. The first-order chi connectivity index (χ1) is 12.8. The molecule has 0 radical (unpaired) electrons. The largest absolute Gasteiger partial charge is 0.462 e. The summed E-state index contributed by atoms with van der Waals surface area (Å²) in [5.74, 6) is -1.33. The minimum absolute atomic E-state index is 0.0521. The number of ether oxygens (including phenoxy) is 1. The Morgan fingerprint density at radius 2 is 1.85 bits per heavy atom. The van der Waals surface area contributed by atoms with Crippen molar-refractivity contribution in [2.75, 3.05) is 30.0 Å². The van der Waals surface area contributed by atoms with Crippen molar-refractivity contribution >= 4 is 33.3 Å². The Hall–Kier alpha value is -2.42. The number of esters is 1. The molecule has 1 aliphatic heterocycles. The molecule has 27 heavy (non-hydrogen) atoms. The van der Waals surface area contributed by atoms with Gasteiger partial charge in [0.05, 0.1) is 23.7 Å². The Kier molecular flexibility index (Phi) is 6.95. The molecule has 0 saturated carbocycles. The number of benzene rings is 1. The van der Waals surface area contributed by atoms with Crippen LogP contribution in [0.2, 0.25) is 0 Å². The number of hydrogen-bond donors (Lipinski definition) is 1. The van der Waals surface area contributed by atoms with E-state index in [4.69, 9.17) is 4.74 Å². The zero-order chi connectivity index (χ0) is 20.0. The first kappa shape index (κ1) is 20.9. The number of anilines is 1. The smallest absolute Gasteiger partial charge is 0.338 e. The zero-order valence-corrected chi connectivity index (χ0v) is 16.3. The molecule has 0 aromatic heterocycles. The van der Waals surface area contributed by atoms with Gasteiger partial charge >= 0.3 is 5.97 Å². The number of hydrogen-bond acceptors (Lipinski definition) is 6. The molecular weight excluding hydrogens is 372 g/mol. The summed E-state index contributed by atoms with van der Waals surface area (Å²) in [7, 11) is -3.11. The second-order valence-electron chi connectivity index (χ2n) is 6.26. The molecule has 9 heteroatoms. The lowest BCUT2D eigenvalue weighted by Gasteiger charge is -2.26. The number of amides is 2. The number of nitrogens with zero attached hydrogens (tertiary/aromatic N) is 1. The van der Waals surface area contributed by atoms with Gasteiger partial charge in [0.2, 0.25) is 11.8 Å². The molecule has 2 rings (SSSR count). The van der Waals surface area contributed by atoms with Gasteiger partial charge in [-0.25, -0.2) is 13.2 Å². The second-order valence-corrected chi connectivity index (χ2v) is 8.49. The molecule has 148 valence electrons. The Balaban J connectivity index is 1.92. The highest BCUT2D eigenvalue weighted by Crippen LogP contribution is 2.19. The molecule has 0 spiro atoms. The van der Waals surface area contributed by atoms with Crippen molar-refractivity contribution in [3.63, 3.8) is 0 Å². The Morgan fingerprint density at radius 3 is 2.37 bits per heavy atom. The molecular formula is C18H24N2O6S. The van der Waals surface area contributed by atoms with E-state index in [0.29, 0.717) is 24.2 Å². The first-order valence-corrected chi connectivity index (χ1v) is 10.6. The van der Waals surface area contributed by atoms with Gasteiger partial charge in [-0.1, -0.05) is 0 Å². The van der Waals surface area contributed by atoms with Crippen LogP contribution in [0.3, 0.4) is 0 Å². The zero-order valence-electron chi connectivity index (χ0n) is 15.4. The summed E-state index contributed by atoms with van der Waals surface area (Å²) in [6, 6.07) is 5.78. The van der Waals surface area contributed by atoms with Crippen LogP contribution >= 0.6 is 0 Å². The van der Waals surface area contributed by atoms with Crippen LogP contribution < -0.4 is 5.32 Å². The van der Waals surface area contributed by atoms with Crippen molar-refractivity contribution in [3.05, 3.63) is 29.8 Å². The monoisotopic (exact) mass is 396 g/mol. The SMILES string of the molecule is CCOC(=O)c1ccc(NC(=O)CC(=O)N(CC)C2CCS(=O)(=O)C2)cc1. The van der Waals surface area contributed by atoms with Crippen LogP contribution in [0.4, 0.5) is 5.69 Å². The van der Waals surface area contributed by atoms with Gasteiger partial charge in [0.1, 0.15) is 6.42 Å². The highest BCUT2D eigenvalue weighted by molar-refractivity contribution is 7.91. The number of sulfone groups is 1. The lowest BCUT2D eigenvalue weighted by atomic mass is 10.2. The highest BCUT2D eigenvalue weighted by atomic mass is 32.2. The van der Waals surface area contributed by atoms with Gasteiger partial charge in [-0.3, -0.25) is 9.59 Å². The molecule has 8 nitrogen and oxygen atoms in total. The summed E-state index contributed by atoms with van der Waals surface area (Å²) in [6.07, 6.45) is 0.0306. The van der Waals surface area contributed by atoms with E-state index >= 15 is 0 Å². The van der Waals surface area contributed by atoms with Crippen molar-refractivity contribution < 1.29 is 27.5 Å². The molecule has 0 bridgehead atoms. The summed E-state index contributed by atoms with van der Waals surface area (Å²) in [5, 5.41) is 2.60. The van der Waals surface area contributed by atoms with E-state index < -0.39 is 27.6 Å². The van der Waals surface area contributed by atoms with Crippen molar-refractivity contribution in [3.8, 4) is 0 Å². The van der Waals surface area contributed by atoms with Crippen LogP contribution in [0, 0.1) is 0 Å². The predicted molar refractivity (Wildman–Crippen MR) is 100 cm³/mol. The van der Waals surface area contributed by atoms with Crippen LogP contribution in [0.25, 0.3) is 0 Å². The fourth-order valence-corrected chi connectivity index (χ4v) is 4.74. The molecule has 1 aromatic carbocycles. The van der Waals surface area contributed by atoms with Crippen LogP contribution in [0.5, 0.6) is 0 Å². The van der Waals surface area contributed by atoms with Gasteiger partial charge in [-0.2, -0.15) is 0 Å². The van der Waals surface area contributed by atoms with E-state index in [1.807, 2.05) is 0 Å². The van der Waals surface area contributed by atoms with Crippen LogP contribution in [0.1, 0.15) is 37.0 Å². The predicted octanol–water partition coefficient (Wildman–Crippen LogP) is 1.23.